The average Bonchev–Trinajstić information content (AvgIpc) is 2.52. The molecule has 0 radical (unpaired) electrons. The Labute approximate surface area is 119 Å². The second-order valence-electron chi connectivity index (χ2n) is 4.38. The summed E-state index contributed by atoms with van der Waals surface area (Å²) < 4.78 is 11.0. The first-order chi connectivity index (χ1) is 9.77. The smallest absolute Gasteiger partial charge is 0.200 e. The summed E-state index contributed by atoms with van der Waals surface area (Å²) in [4.78, 5) is 12.6. The zero-order valence-electron chi connectivity index (χ0n) is 11.8. The van der Waals surface area contributed by atoms with Gasteiger partial charge in [0, 0.05) is 5.56 Å². The van der Waals surface area contributed by atoms with E-state index in [1.807, 2.05) is 31.2 Å². The van der Waals surface area contributed by atoms with E-state index in [1.54, 1.807) is 31.4 Å². The van der Waals surface area contributed by atoms with Crippen LogP contribution in [0.5, 0.6) is 11.5 Å². The number of methoxy groups -OCH3 is 1. The summed E-state index contributed by atoms with van der Waals surface area (Å²) in [6.45, 7) is 2.60. The second-order valence-corrected chi connectivity index (χ2v) is 4.38. The summed E-state index contributed by atoms with van der Waals surface area (Å²) in [6, 6.07) is 14.5. The van der Waals surface area contributed by atoms with Gasteiger partial charge in [-0.1, -0.05) is 43.3 Å². The summed E-state index contributed by atoms with van der Waals surface area (Å²) in [5.41, 5.74) is 1.10. The Morgan fingerprint density at radius 3 is 2.35 bits per heavy atom. The lowest BCUT2D eigenvalue weighted by Crippen LogP contribution is -2.08. The first kappa shape index (κ1) is 14.1. The fourth-order valence-electron chi connectivity index (χ4n) is 1.97. The van der Waals surface area contributed by atoms with Crippen LogP contribution >= 0.6 is 0 Å². The van der Waals surface area contributed by atoms with Crippen LogP contribution in [0, 0.1) is 0 Å². The van der Waals surface area contributed by atoms with Crippen molar-refractivity contribution in [1.82, 2.24) is 0 Å². The van der Waals surface area contributed by atoms with Crippen LogP contribution in [0.1, 0.15) is 29.3 Å². The lowest BCUT2D eigenvalue weighted by molar-refractivity contribution is 0.103. The molecule has 2 aromatic carbocycles. The lowest BCUT2D eigenvalue weighted by Gasteiger charge is -2.13. The van der Waals surface area contributed by atoms with E-state index in [4.69, 9.17) is 9.47 Å². The molecule has 0 N–H and O–H groups in total. The third-order valence-corrected chi connectivity index (χ3v) is 2.93. The Bertz CT molecular complexity index is 576. The summed E-state index contributed by atoms with van der Waals surface area (Å²) in [5, 5.41) is 0. The van der Waals surface area contributed by atoms with E-state index in [0.29, 0.717) is 29.2 Å². The van der Waals surface area contributed by atoms with Crippen LogP contribution in [0.15, 0.2) is 48.5 Å². The highest BCUT2D eigenvalue weighted by molar-refractivity contribution is 6.12. The Morgan fingerprint density at radius 1 is 1.00 bits per heavy atom. The van der Waals surface area contributed by atoms with Crippen LogP contribution in [0.4, 0.5) is 0 Å². The van der Waals surface area contributed by atoms with E-state index in [0.717, 1.165) is 6.42 Å². The monoisotopic (exact) mass is 270 g/mol. The highest BCUT2D eigenvalue weighted by atomic mass is 16.5. The van der Waals surface area contributed by atoms with E-state index in [9.17, 15) is 4.79 Å². The molecule has 0 fully saturated rings. The average molecular weight is 270 g/mol. The molecule has 0 saturated heterocycles. The highest BCUT2D eigenvalue weighted by Gasteiger charge is 2.19. The first-order valence-corrected chi connectivity index (χ1v) is 6.67. The Morgan fingerprint density at radius 2 is 1.70 bits per heavy atom. The maximum Gasteiger partial charge on any atom is 0.200 e. The quantitative estimate of drug-likeness (QED) is 0.750. The van der Waals surface area contributed by atoms with Gasteiger partial charge in [0.2, 0.25) is 5.78 Å². The number of hydrogen-bond acceptors (Lipinski definition) is 3. The molecule has 104 valence electrons. The second kappa shape index (κ2) is 6.75. The van der Waals surface area contributed by atoms with Gasteiger partial charge in [-0.05, 0) is 18.6 Å². The summed E-state index contributed by atoms with van der Waals surface area (Å²) in [7, 11) is 1.56. The normalized spacial score (nSPS) is 10.1. The van der Waals surface area contributed by atoms with Gasteiger partial charge in [0.15, 0.2) is 0 Å². The largest absolute Gasteiger partial charge is 0.496 e. The number of ether oxygens (including phenoxy) is 2. The summed E-state index contributed by atoms with van der Waals surface area (Å²) in [5.74, 6) is 1.02. The molecule has 0 atom stereocenters. The van der Waals surface area contributed by atoms with Crippen molar-refractivity contribution in [3.05, 3.63) is 59.7 Å². The van der Waals surface area contributed by atoms with E-state index >= 15 is 0 Å². The summed E-state index contributed by atoms with van der Waals surface area (Å²) in [6.07, 6.45) is 0.885. The predicted molar refractivity (Wildman–Crippen MR) is 78.7 cm³/mol. The maximum absolute atomic E-state index is 12.6. The maximum atomic E-state index is 12.6. The molecule has 0 aliphatic rings. The lowest BCUT2D eigenvalue weighted by atomic mass is 10.0. The van der Waals surface area contributed by atoms with Gasteiger partial charge < -0.3 is 9.47 Å². The molecule has 0 heterocycles. The zero-order valence-corrected chi connectivity index (χ0v) is 11.8. The first-order valence-electron chi connectivity index (χ1n) is 6.67. The van der Waals surface area contributed by atoms with Gasteiger partial charge in [0.1, 0.15) is 17.1 Å². The van der Waals surface area contributed by atoms with E-state index in [-0.39, 0.29) is 5.78 Å². The van der Waals surface area contributed by atoms with Crippen LogP contribution in [-0.4, -0.2) is 19.5 Å². The van der Waals surface area contributed by atoms with Gasteiger partial charge in [0.25, 0.3) is 0 Å². The molecule has 0 aliphatic carbocycles. The third kappa shape index (κ3) is 2.99. The molecule has 0 bridgehead atoms. The molecule has 0 spiro atoms. The topological polar surface area (TPSA) is 35.5 Å². The van der Waals surface area contributed by atoms with Gasteiger partial charge >= 0.3 is 0 Å². The molecule has 0 saturated carbocycles. The standard InChI is InChI=1S/C17H18O3/c1-3-12-20-15-11-7-10-14(19-2)16(15)17(18)13-8-5-4-6-9-13/h4-11H,3,12H2,1-2H3. The van der Waals surface area contributed by atoms with Crippen molar-refractivity contribution >= 4 is 5.78 Å². The third-order valence-electron chi connectivity index (χ3n) is 2.93. The van der Waals surface area contributed by atoms with Crippen molar-refractivity contribution in [2.24, 2.45) is 0 Å². The van der Waals surface area contributed by atoms with Crippen molar-refractivity contribution in [2.75, 3.05) is 13.7 Å². The van der Waals surface area contributed by atoms with Gasteiger partial charge in [0.05, 0.1) is 13.7 Å². The minimum Gasteiger partial charge on any atom is -0.496 e. The van der Waals surface area contributed by atoms with E-state index in [1.165, 1.54) is 0 Å². The molecule has 2 rings (SSSR count). The highest BCUT2D eigenvalue weighted by Crippen LogP contribution is 2.30. The van der Waals surface area contributed by atoms with E-state index < -0.39 is 0 Å². The fourth-order valence-corrected chi connectivity index (χ4v) is 1.97. The molecule has 0 unspecified atom stereocenters. The Kier molecular flexibility index (Phi) is 4.77. The molecular formula is C17H18O3. The van der Waals surface area contributed by atoms with Crippen LogP contribution in [0.3, 0.4) is 0 Å². The van der Waals surface area contributed by atoms with Crippen molar-refractivity contribution in [2.45, 2.75) is 13.3 Å². The molecular weight excluding hydrogens is 252 g/mol. The molecule has 20 heavy (non-hydrogen) atoms. The number of carbonyl (C=O) groups excluding carboxylic acids is 1. The minimum absolute atomic E-state index is 0.0887. The molecule has 0 aliphatic heterocycles. The van der Waals surface area contributed by atoms with Crippen LogP contribution in [0.25, 0.3) is 0 Å². The van der Waals surface area contributed by atoms with Crippen molar-refractivity contribution in [3.63, 3.8) is 0 Å². The number of ketones is 1. The van der Waals surface area contributed by atoms with Crippen molar-refractivity contribution < 1.29 is 14.3 Å². The number of hydrogen-bond donors (Lipinski definition) is 0. The molecule has 0 amide bonds. The molecule has 3 heteroatoms. The fraction of sp³-hybridized carbons (Fsp3) is 0.235. The molecule has 3 nitrogen and oxygen atoms in total. The van der Waals surface area contributed by atoms with Gasteiger partial charge in [-0.15, -0.1) is 0 Å². The van der Waals surface area contributed by atoms with E-state index in [2.05, 4.69) is 0 Å². The zero-order chi connectivity index (χ0) is 14.4. The molecule has 2 aromatic rings. The van der Waals surface area contributed by atoms with Crippen molar-refractivity contribution in [3.8, 4) is 11.5 Å². The van der Waals surface area contributed by atoms with Crippen LogP contribution in [0.2, 0.25) is 0 Å². The van der Waals surface area contributed by atoms with Crippen LogP contribution < -0.4 is 9.47 Å². The van der Waals surface area contributed by atoms with Crippen LogP contribution in [-0.2, 0) is 0 Å². The molecule has 0 aromatic heterocycles. The van der Waals surface area contributed by atoms with Gasteiger partial charge in [-0.25, -0.2) is 0 Å². The van der Waals surface area contributed by atoms with Crippen molar-refractivity contribution in [1.29, 1.82) is 0 Å². The SMILES string of the molecule is CCCOc1cccc(OC)c1C(=O)c1ccccc1. The minimum atomic E-state index is -0.0887. The Hall–Kier alpha value is -2.29. The summed E-state index contributed by atoms with van der Waals surface area (Å²) >= 11 is 0. The predicted octanol–water partition coefficient (Wildman–Crippen LogP) is 3.72. The van der Waals surface area contributed by atoms with Gasteiger partial charge in [-0.3, -0.25) is 4.79 Å². The number of rotatable bonds is 6. The Balaban J connectivity index is 2.45. The van der Waals surface area contributed by atoms with Gasteiger partial charge in [-0.2, -0.15) is 0 Å². The number of carbonyl (C=O) groups is 1. The number of benzene rings is 2.